The van der Waals surface area contributed by atoms with Crippen molar-refractivity contribution >= 4 is 17.3 Å². The normalized spacial score (nSPS) is 33.0. The number of hydrogen-bond acceptors (Lipinski definition) is 1. The average molecular weight is 335 g/mol. The Morgan fingerprint density at radius 2 is 1.35 bits per heavy atom. The van der Waals surface area contributed by atoms with E-state index in [0.717, 1.165) is 16.9 Å². The van der Waals surface area contributed by atoms with Gasteiger partial charge in [0.1, 0.15) is 0 Å². The summed E-state index contributed by atoms with van der Waals surface area (Å²) in [6.07, 6.45) is 22.7. The maximum atomic E-state index is 5.63. The van der Waals surface area contributed by atoms with Crippen molar-refractivity contribution in [2.45, 2.75) is 95.6 Å². The predicted molar refractivity (Wildman–Crippen MR) is 103 cm³/mol. The molecule has 0 heterocycles. The van der Waals surface area contributed by atoms with Crippen molar-refractivity contribution in [2.24, 2.45) is 11.8 Å². The smallest absolute Gasteiger partial charge is 0.166 e. The van der Waals surface area contributed by atoms with Gasteiger partial charge in [0.25, 0.3) is 0 Å². The van der Waals surface area contributed by atoms with Gasteiger partial charge in [-0.25, -0.2) is 0 Å². The van der Waals surface area contributed by atoms with Crippen LogP contribution in [0, 0.1) is 11.8 Å². The van der Waals surface area contributed by atoms with Crippen molar-refractivity contribution in [3.8, 4) is 0 Å². The highest BCUT2D eigenvalue weighted by Gasteiger charge is 2.35. The number of rotatable bonds is 2. The Balaban J connectivity index is 1.41. The molecule has 2 fully saturated rings. The number of allylic oxidation sites excluding steroid dienone is 1. The lowest BCUT2D eigenvalue weighted by atomic mass is 9.98. The Morgan fingerprint density at radius 3 is 1.87 bits per heavy atom. The van der Waals surface area contributed by atoms with Crippen LogP contribution in [-0.4, -0.2) is 17.2 Å². The Bertz CT molecular complexity index is 394. The maximum Gasteiger partial charge on any atom is 0.166 e. The lowest BCUT2D eigenvalue weighted by Gasteiger charge is -2.26. The van der Waals surface area contributed by atoms with Crippen molar-refractivity contribution in [1.29, 1.82) is 0 Å². The van der Waals surface area contributed by atoms with Crippen LogP contribution < -0.4 is 10.6 Å². The van der Waals surface area contributed by atoms with Crippen molar-refractivity contribution in [1.82, 2.24) is 10.6 Å². The lowest BCUT2D eigenvalue weighted by Crippen LogP contribution is -2.47. The zero-order chi connectivity index (χ0) is 15.9. The van der Waals surface area contributed by atoms with Crippen molar-refractivity contribution in [3.05, 3.63) is 12.2 Å². The van der Waals surface area contributed by atoms with Crippen LogP contribution in [0.1, 0.15) is 83.5 Å². The molecule has 2 N–H and O–H groups in total. The summed E-state index contributed by atoms with van der Waals surface area (Å²) in [5.41, 5.74) is 0. The zero-order valence-corrected chi connectivity index (χ0v) is 15.4. The van der Waals surface area contributed by atoms with Gasteiger partial charge in [-0.3, -0.25) is 0 Å². The summed E-state index contributed by atoms with van der Waals surface area (Å²) in [6.45, 7) is 0. The minimum absolute atomic E-state index is 0.580. The molecule has 2 saturated carbocycles. The number of fused-ring (bicyclic) bond motifs is 2. The van der Waals surface area contributed by atoms with Crippen LogP contribution in [0.3, 0.4) is 0 Å². The fourth-order valence-corrected chi connectivity index (χ4v) is 4.97. The van der Waals surface area contributed by atoms with Crippen LogP contribution in [0.4, 0.5) is 0 Å². The van der Waals surface area contributed by atoms with Gasteiger partial charge >= 0.3 is 0 Å². The van der Waals surface area contributed by atoms with Gasteiger partial charge in [-0.1, -0.05) is 69.9 Å². The molecule has 0 aromatic carbocycles. The zero-order valence-electron chi connectivity index (χ0n) is 14.6. The maximum absolute atomic E-state index is 5.63. The second-order valence-electron chi connectivity index (χ2n) is 7.96. The Hall–Kier alpha value is -0.570. The van der Waals surface area contributed by atoms with Gasteiger partial charge in [0.2, 0.25) is 0 Å². The van der Waals surface area contributed by atoms with Gasteiger partial charge in [0.15, 0.2) is 5.11 Å². The summed E-state index contributed by atoms with van der Waals surface area (Å²) in [6, 6.07) is 1.17. The molecule has 0 spiro atoms. The van der Waals surface area contributed by atoms with E-state index in [0.29, 0.717) is 12.1 Å². The molecule has 0 unspecified atom stereocenters. The summed E-state index contributed by atoms with van der Waals surface area (Å²) >= 11 is 5.63. The molecule has 0 aromatic heterocycles. The summed E-state index contributed by atoms with van der Waals surface area (Å²) in [7, 11) is 0. The van der Waals surface area contributed by atoms with E-state index >= 15 is 0 Å². The Labute approximate surface area is 147 Å². The standard InChI is InChI=1S/C20H34N2S/c23-20(22-19-15-16-12-13-17(19)14-16)21-18-10-8-6-4-2-1-3-5-7-9-11-18/h12-13,16-19H,1-11,14-15H2,(H2,21,22,23)/t16-,17+,19-/m0/s1. The van der Waals surface area contributed by atoms with Gasteiger partial charge in [0, 0.05) is 12.1 Å². The first-order valence-electron chi connectivity index (χ1n) is 10.1. The van der Waals surface area contributed by atoms with Gasteiger partial charge < -0.3 is 10.6 Å². The van der Waals surface area contributed by atoms with E-state index in [1.165, 1.54) is 83.5 Å². The SMILES string of the molecule is S=C(NC1CCCCCCCCCCC1)N[C@H]1C[C@H]2C=C[C@@H]1C2. The number of hydrogen-bond donors (Lipinski definition) is 2. The van der Waals surface area contributed by atoms with Crippen molar-refractivity contribution < 1.29 is 0 Å². The molecule has 3 rings (SSSR count). The quantitative estimate of drug-likeness (QED) is 0.543. The van der Waals surface area contributed by atoms with Gasteiger partial charge in [-0.2, -0.15) is 0 Å². The summed E-state index contributed by atoms with van der Waals surface area (Å²) in [5.74, 6) is 1.53. The minimum atomic E-state index is 0.580. The van der Waals surface area contributed by atoms with Crippen LogP contribution in [-0.2, 0) is 0 Å². The lowest BCUT2D eigenvalue weighted by molar-refractivity contribution is 0.436. The summed E-state index contributed by atoms with van der Waals surface area (Å²) in [4.78, 5) is 0. The topological polar surface area (TPSA) is 24.1 Å². The van der Waals surface area contributed by atoms with Gasteiger partial charge in [-0.15, -0.1) is 0 Å². The molecule has 3 aliphatic rings. The molecule has 2 bridgehead atoms. The molecular weight excluding hydrogens is 300 g/mol. The highest BCUT2D eigenvalue weighted by atomic mass is 32.1. The van der Waals surface area contributed by atoms with E-state index in [9.17, 15) is 0 Å². The van der Waals surface area contributed by atoms with E-state index in [4.69, 9.17) is 12.2 Å². The highest BCUT2D eigenvalue weighted by Crippen LogP contribution is 2.38. The molecule has 3 aliphatic carbocycles. The third kappa shape index (κ3) is 5.48. The van der Waals surface area contributed by atoms with Crippen LogP contribution in [0.15, 0.2) is 12.2 Å². The van der Waals surface area contributed by atoms with Crippen LogP contribution >= 0.6 is 12.2 Å². The first-order valence-corrected chi connectivity index (χ1v) is 10.5. The average Bonchev–Trinajstić information content (AvgIpc) is 3.12. The first kappa shape index (κ1) is 17.3. The monoisotopic (exact) mass is 334 g/mol. The van der Waals surface area contributed by atoms with E-state index in [1.54, 1.807) is 0 Å². The molecule has 23 heavy (non-hydrogen) atoms. The van der Waals surface area contributed by atoms with Gasteiger partial charge in [0.05, 0.1) is 0 Å². The third-order valence-corrected chi connectivity index (χ3v) is 6.27. The molecule has 3 atom stereocenters. The molecule has 2 nitrogen and oxygen atoms in total. The van der Waals surface area contributed by atoms with Crippen LogP contribution in [0.25, 0.3) is 0 Å². The molecule has 130 valence electrons. The second-order valence-corrected chi connectivity index (χ2v) is 8.37. The molecule has 0 aliphatic heterocycles. The number of thiocarbonyl (C=S) groups is 1. The van der Waals surface area contributed by atoms with E-state index in [-0.39, 0.29) is 0 Å². The van der Waals surface area contributed by atoms with E-state index in [1.807, 2.05) is 0 Å². The largest absolute Gasteiger partial charge is 0.360 e. The highest BCUT2D eigenvalue weighted by molar-refractivity contribution is 7.80. The molecule has 0 saturated heterocycles. The number of nitrogens with one attached hydrogen (secondary N) is 2. The minimum Gasteiger partial charge on any atom is -0.360 e. The van der Waals surface area contributed by atoms with Crippen LogP contribution in [0.5, 0.6) is 0 Å². The summed E-state index contributed by atoms with van der Waals surface area (Å²) in [5, 5.41) is 8.18. The van der Waals surface area contributed by atoms with Crippen molar-refractivity contribution in [2.75, 3.05) is 0 Å². The summed E-state index contributed by atoms with van der Waals surface area (Å²) < 4.78 is 0. The molecule has 0 amide bonds. The predicted octanol–water partition coefficient (Wildman–Crippen LogP) is 5.09. The second kappa shape index (κ2) is 9.05. The van der Waals surface area contributed by atoms with Crippen LogP contribution in [0.2, 0.25) is 0 Å². The third-order valence-electron chi connectivity index (χ3n) is 6.04. The Morgan fingerprint density at radius 1 is 0.739 bits per heavy atom. The van der Waals surface area contributed by atoms with E-state index < -0.39 is 0 Å². The van der Waals surface area contributed by atoms with E-state index in [2.05, 4.69) is 22.8 Å². The molecule has 0 aromatic rings. The molecular formula is C20H34N2S. The Kier molecular flexibility index (Phi) is 6.79. The van der Waals surface area contributed by atoms with Gasteiger partial charge in [-0.05, 0) is 49.7 Å². The first-order chi connectivity index (χ1) is 11.3. The fourth-order valence-electron chi connectivity index (χ4n) is 4.65. The fraction of sp³-hybridized carbons (Fsp3) is 0.850. The molecule has 3 heteroatoms. The molecule has 0 radical (unpaired) electrons. The van der Waals surface area contributed by atoms with Crippen molar-refractivity contribution in [3.63, 3.8) is 0 Å².